The van der Waals surface area contributed by atoms with E-state index in [9.17, 15) is 0 Å². The number of rotatable bonds is 2. The maximum absolute atomic E-state index is 8.72. The van der Waals surface area contributed by atoms with Crippen LogP contribution in [0.1, 0.15) is 31.2 Å². The Bertz CT molecular complexity index is 451. The quantitative estimate of drug-likeness (QED) is 0.796. The summed E-state index contributed by atoms with van der Waals surface area (Å²) >= 11 is 0. The number of aromatic nitrogens is 1. The minimum absolute atomic E-state index is 0.277. The number of nitrogens with zero attached hydrogens (tertiary/aromatic N) is 3. The minimum Gasteiger partial charge on any atom is -0.474 e. The van der Waals surface area contributed by atoms with Gasteiger partial charge in [0.05, 0.1) is 5.56 Å². The molecule has 0 spiro atoms. The van der Waals surface area contributed by atoms with Crippen LogP contribution in [-0.4, -0.2) is 35.1 Å². The Hall–Kier alpha value is -1.60. The summed E-state index contributed by atoms with van der Waals surface area (Å²) in [5, 5.41) is 8.72. The summed E-state index contributed by atoms with van der Waals surface area (Å²) in [6.07, 6.45) is 6.62. The third-order valence-corrected chi connectivity index (χ3v) is 4.21. The highest BCUT2D eigenvalue weighted by molar-refractivity contribution is 5.28. The van der Waals surface area contributed by atoms with Crippen molar-refractivity contribution in [2.24, 2.45) is 0 Å². The summed E-state index contributed by atoms with van der Waals surface area (Å²) in [5.41, 5.74) is 0.575. The lowest BCUT2D eigenvalue weighted by Crippen LogP contribution is -2.43. The van der Waals surface area contributed by atoms with Crippen LogP contribution < -0.4 is 4.74 Å². The number of fused-ring (bicyclic) bond motifs is 2. The molecule has 0 amide bonds. The first kappa shape index (κ1) is 11.5. The summed E-state index contributed by atoms with van der Waals surface area (Å²) in [5.74, 6) is 0.642. The van der Waals surface area contributed by atoms with Gasteiger partial charge in [-0.3, -0.25) is 0 Å². The first-order valence-electron chi connectivity index (χ1n) is 6.51. The molecule has 2 bridgehead atoms. The van der Waals surface area contributed by atoms with Gasteiger partial charge in [0.15, 0.2) is 0 Å². The highest BCUT2D eigenvalue weighted by Crippen LogP contribution is 2.35. The molecule has 2 unspecified atom stereocenters. The zero-order valence-electron chi connectivity index (χ0n) is 10.5. The van der Waals surface area contributed by atoms with Gasteiger partial charge >= 0.3 is 0 Å². The van der Waals surface area contributed by atoms with Crippen molar-refractivity contribution >= 4 is 0 Å². The smallest absolute Gasteiger partial charge is 0.213 e. The van der Waals surface area contributed by atoms with Gasteiger partial charge in [0.2, 0.25) is 5.88 Å². The second kappa shape index (κ2) is 4.58. The fraction of sp³-hybridized carbons (Fsp3) is 0.571. The Morgan fingerprint density at radius 3 is 2.61 bits per heavy atom. The van der Waals surface area contributed by atoms with Crippen molar-refractivity contribution in [2.45, 2.75) is 43.9 Å². The average molecular weight is 243 g/mol. The lowest BCUT2D eigenvalue weighted by molar-refractivity contribution is 0.0633. The normalized spacial score (nSPS) is 31.0. The first-order valence-corrected chi connectivity index (χ1v) is 6.51. The molecule has 2 aliphatic heterocycles. The van der Waals surface area contributed by atoms with Crippen LogP contribution in [0.5, 0.6) is 5.88 Å². The van der Waals surface area contributed by atoms with E-state index in [1.807, 2.05) is 0 Å². The van der Waals surface area contributed by atoms with Crippen LogP contribution in [0.3, 0.4) is 0 Å². The topological polar surface area (TPSA) is 49.1 Å². The molecular formula is C14H17N3O. The van der Waals surface area contributed by atoms with Crippen molar-refractivity contribution in [2.75, 3.05) is 7.05 Å². The van der Waals surface area contributed by atoms with Gasteiger partial charge in [-0.2, -0.15) is 5.26 Å². The van der Waals surface area contributed by atoms with Gasteiger partial charge in [0, 0.05) is 24.3 Å². The number of pyridine rings is 1. The molecule has 2 saturated heterocycles. The molecule has 4 nitrogen and oxygen atoms in total. The van der Waals surface area contributed by atoms with Crippen molar-refractivity contribution in [3.63, 3.8) is 0 Å². The zero-order chi connectivity index (χ0) is 12.5. The average Bonchev–Trinajstić information content (AvgIpc) is 2.63. The van der Waals surface area contributed by atoms with Gasteiger partial charge in [-0.15, -0.1) is 0 Å². The minimum atomic E-state index is 0.277. The summed E-state index contributed by atoms with van der Waals surface area (Å²) in [6, 6.07) is 6.96. The van der Waals surface area contributed by atoms with Crippen molar-refractivity contribution in [1.82, 2.24) is 9.88 Å². The molecule has 3 heterocycles. The molecule has 94 valence electrons. The van der Waals surface area contributed by atoms with E-state index in [0.29, 0.717) is 23.5 Å². The SMILES string of the molecule is CN1C2CCC1CC(Oc1ccc(C#N)cn1)C2. The van der Waals surface area contributed by atoms with E-state index in [-0.39, 0.29) is 6.10 Å². The van der Waals surface area contributed by atoms with E-state index < -0.39 is 0 Å². The molecule has 0 aromatic carbocycles. The molecule has 0 radical (unpaired) electrons. The number of hydrogen-bond acceptors (Lipinski definition) is 4. The number of nitriles is 1. The Labute approximate surface area is 107 Å². The number of ether oxygens (including phenoxy) is 1. The van der Waals surface area contributed by atoms with Crippen LogP contribution in [0.4, 0.5) is 0 Å². The second-order valence-corrected chi connectivity index (χ2v) is 5.26. The lowest BCUT2D eigenvalue weighted by Gasteiger charge is -2.35. The predicted molar refractivity (Wildman–Crippen MR) is 67.2 cm³/mol. The summed E-state index contributed by atoms with van der Waals surface area (Å²) in [6.45, 7) is 0. The lowest BCUT2D eigenvalue weighted by atomic mass is 10.0. The van der Waals surface area contributed by atoms with E-state index in [1.54, 1.807) is 18.3 Å². The fourth-order valence-corrected chi connectivity index (χ4v) is 3.14. The molecule has 0 N–H and O–H groups in total. The van der Waals surface area contributed by atoms with Gasteiger partial charge in [0.1, 0.15) is 12.2 Å². The maximum atomic E-state index is 8.72. The van der Waals surface area contributed by atoms with E-state index in [2.05, 4.69) is 23.0 Å². The van der Waals surface area contributed by atoms with Gasteiger partial charge in [-0.25, -0.2) is 4.98 Å². The molecule has 4 heteroatoms. The largest absolute Gasteiger partial charge is 0.474 e. The van der Waals surface area contributed by atoms with Gasteiger partial charge in [-0.1, -0.05) is 0 Å². The first-order chi connectivity index (χ1) is 8.76. The van der Waals surface area contributed by atoms with Gasteiger partial charge in [-0.05, 0) is 38.8 Å². The van der Waals surface area contributed by atoms with E-state index >= 15 is 0 Å². The van der Waals surface area contributed by atoms with E-state index in [4.69, 9.17) is 10.00 Å². The van der Waals surface area contributed by atoms with Gasteiger partial charge < -0.3 is 9.64 Å². The molecule has 0 saturated carbocycles. The molecule has 2 atom stereocenters. The molecule has 18 heavy (non-hydrogen) atoms. The Morgan fingerprint density at radius 2 is 2.06 bits per heavy atom. The van der Waals surface area contributed by atoms with Gasteiger partial charge in [0.25, 0.3) is 0 Å². The highest BCUT2D eigenvalue weighted by Gasteiger charge is 2.39. The van der Waals surface area contributed by atoms with Crippen molar-refractivity contribution in [1.29, 1.82) is 5.26 Å². The molecule has 1 aromatic heterocycles. The standard InChI is InChI=1S/C14H17N3O/c1-17-11-3-4-12(17)7-13(6-11)18-14-5-2-10(8-15)9-16-14/h2,5,9,11-13H,3-4,6-7H2,1H3. The van der Waals surface area contributed by atoms with Crippen LogP contribution in [0.15, 0.2) is 18.3 Å². The Morgan fingerprint density at radius 1 is 1.33 bits per heavy atom. The van der Waals surface area contributed by atoms with E-state index in [0.717, 1.165) is 12.8 Å². The van der Waals surface area contributed by atoms with Crippen molar-refractivity contribution < 1.29 is 4.74 Å². The Kier molecular flexibility index (Phi) is 2.92. The predicted octanol–water partition coefficient (Wildman–Crippen LogP) is 1.96. The number of piperidine rings is 1. The summed E-state index contributed by atoms with van der Waals surface area (Å²) in [4.78, 5) is 6.67. The molecule has 2 aliphatic rings. The second-order valence-electron chi connectivity index (χ2n) is 5.26. The van der Waals surface area contributed by atoms with Crippen molar-refractivity contribution in [3.05, 3.63) is 23.9 Å². The summed E-state index contributed by atoms with van der Waals surface area (Å²) < 4.78 is 5.94. The molecule has 3 rings (SSSR count). The fourth-order valence-electron chi connectivity index (χ4n) is 3.14. The zero-order valence-corrected chi connectivity index (χ0v) is 10.5. The van der Waals surface area contributed by atoms with Crippen LogP contribution in [0.25, 0.3) is 0 Å². The molecule has 1 aromatic rings. The monoisotopic (exact) mass is 243 g/mol. The van der Waals surface area contributed by atoms with Crippen LogP contribution in [0, 0.1) is 11.3 Å². The van der Waals surface area contributed by atoms with Crippen LogP contribution in [0.2, 0.25) is 0 Å². The summed E-state index contributed by atoms with van der Waals surface area (Å²) in [7, 11) is 2.22. The van der Waals surface area contributed by atoms with E-state index in [1.165, 1.54) is 12.8 Å². The highest BCUT2D eigenvalue weighted by atomic mass is 16.5. The molecule has 2 fully saturated rings. The third-order valence-electron chi connectivity index (χ3n) is 4.21. The van der Waals surface area contributed by atoms with Crippen LogP contribution in [-0.2, 0) is 0 Å². The van der Waals surface area contributed by atoms with Crippen molar-refractivity contribution in [3.8, 4) is 11.9 Å². The molecule has 0 aliphatic carbocycles. The third kappa shape index (κ3) is 2.06. The Balaban J connectivity index is 1.65. The molecular weight excluding hydrogens is 226 g/mol. The van der Waals surface area contributed by atoms with Crippen LogP contribution >= 0.6 is 0 Å². The maximum Gasteiger partial charge on any atom is 0.213 e. The number of hydrogen-bond donors (Lipinski definition) is 0.